The van der Waals surface area contributed by atoms with Crippen molar-refractivity contribution in [1.82, 2.24) is 29.8 Å². The zero-order valence-corrected chi connectivity index (χ0v) is 15.2. The molecule has 8 heteroatoms. The van der Waals surface area contributed by atoms with Crippen molar-refractivity contribution in [2.45, 2.75) is 0 Å². The van der Waals surface area contributed by atoms with Gasteiger partial charge in [0.25, 0.3) is 5.91 Å². The first-order valence-electron chi connectivity index (χ1n) is 8.97. The van der Waals surface area contributed by atoms with Crippen molar-refractivity contribution in [3.63, 3.8) is 0 Å². The number of nitrogens with one attached hydrogen (secondary N) is 1. The van der Waals surface area contributed by atoms with Gasteiger partial charge >= 0.3 is 0 Å². The Morgan fingerprint density at radius 1 is 0.862 bits per heavy atom. The van der Waals surface area contributed by atoms with Crippen LogP contribution in [0.4, 0.5) is 5.95 Å². The normalized spacial score (nSPS) is 10.9. The molecule has 29 heavy (non-hydrogen) atoms. The number of anilines is 1. The van der Waals surface area contributed by atoms with Gasteiger partial charge in [-0.2, -0.15) is 0 Å². The van der Waals surface area contributed by atoms with Crippen molar-refractivity contribution in [3.8, 4) is 11.4 Å². The molecule has 0 aliphatic rings. The molecule has 5 rings (SSSR count). The number of hydrogen-bond acceptors (Lipinski definition) is 5. The summed E-state index contributed by atoms with van der Waals surface area (Å²) in [5.74, 6) is 0.183. The number of imidazole rings is 1. The fourth-order valence-corrected chi connectivity index (χ4v) is 3.19. The Morgan fingerprint density at radius 2 is 1.66 bits per heavy atom. The summed E-state index contributed by atoms with van der Waals surface area (Å²) in [7, 11) is 0. The van der Waals surface area contributed by atoms with Gasteiger partial charge in [-0.3, -0.25) is 14.7 Å². The van der Waals surface area contributed by atoms with E-state index in [-0.39, 0.29) is 5.91 Å². The van der Waals surface area contributed by atoms with Gasteiger partial charge in [0.05, 0.1) is 16.7 Å². The maximum atomic E-state index is 13.0. The van der Waals surface area contributed by atoms with E-state index in [9.17, 15) is 4.79 Å². The predicted molar refractivity (Wildman–Crippen MR) is 108 cm³/mol. The number of hydrogen-bond donors (Lipinski definition) is 1. The van der Waals surface area contributed by atoms with Crippen LogP contribution in [0, 0.1) is 0 Å². The van der Waals surface area contributed by atoms with Gasteiger partial charge in [-0.05, 0) is 52.9 Å². The highest BCUT2D eigenvalue weighted by atomic mass is 16.1. The molecule has 0 radical (unpaired) electrons. The number of tetrazole rings is 1. The van der Waals surface area contributed by atoms with Crippen LogP contribution in [0.25, 0.3) is 22.4 Å². The maximum absolute atomic E-state index is 13.0. The third kappa shape index (κ3) is 3.12. The number of para-hydroxylation sites is 3. The highest BCUT2D eigenvalue weighted by Gasteiger charge is 2.16. The number of amides is 1. The minimum Gasteiger partial charge on any atom is -0.291 e. The van der Waals surface area contributed by atoms with Crippen molar-refractivity contribution in [1.29, 1.82) is 0 Å². The van der Waals surface area contributed by atoms with E-state index in [4.69, 9.17) is 0 Å². The summed E-state index contributed by atoms with van der Waals surface area (Å²) in [6.07, 6.45) is 1.48. The molecule has 140 valence electrons. The van der Waals surface area contributed by atoms with E-state index in [0.717, 1.165) is 16.7 Å². The van der Waals surface area contributed by atoms with E-state index in [0.29, 0.717) is 17.2 Å². The van der Waals surface area contributed by atoms with Gasteiger partial charge in [0.15, 0.2) is 0 Å². The van der Waals surface area contributed by atoms with Crippen LogP contribution in [0.2, 0.25) is 0 Å². The second-order valence-electron chi connectivity index (χ2n) is 6.35. The average Bonchev–Trinajstić information content (AvgIpc) is 3.42. The van der Waals surface area contributed by atoms with Crippen LogP contribution >= 0.6 is 0 Å². The first-order valence-corrected chi connectivity index (χ1v) is 8.97. The van der Waals surface area contributed by atoms with E-state index in [1.165, 1.54) is 11.0 Å². The van der Waals surface area contributed by atoms with E-state index in [1.54, 1.807) is 18.2 Å². The Balaban J connectivity index is 1.54. The Kier molecular flexibility index (Phi) is 4.06. The number of benzene rings is 3. The van der Waals surface area contributed by atoms with E-state index in [2.05, 4.69) is 25.8 Å². The van der Waals surface area contributed by atoms with Crippen LogP contribution in [0.1, 0.15) is 10.4 Å². The highest BCUT2D eigenvalue weighted by molar-refractivity contribution is 6.04. The lowest BCUT2D eigenvalue weighted by molar-refractivity contribution is 0.102. The Hall–Kier alpha value is -4.33. The highest BCUT2D eigenvalue weighted by Crippen LogP contribution is 2.25. The molecule has 1 N–H and O–H groups in total. The van der Waals surface area contributed by atoms with Gasteiger partial charge < -0.3 is 0 Å². The molecule has 8 nitrogen and oxygen atoms in total. The smallest absolute Gasteiger partial charge is 0.258 e. The van der Waals surface area contributed by atoms with Gasteiger partial charge in [-0.25, -0.2) is 9.67 Å². The topological polar surface area (TPSA) is 90.5 Å². The van der Waals surface area contributed by atoms with Gasteiger partial charge in [0.2, 0.25) is 5.95 Å². The number of aromatic nitrogens is 6. The molecule has 2 aromatic heterocycles. The quantitative estimate of drug-likeness (QED) is 0.516. The third-order valence-electron chi connectivity index (χ3n) is 4.52. The van der Waals surface area contributed by atoms with Crippen molar-refractivity contribution in [3.05, 3.63) is 90.8 Å². The molecular weight excluding hydrogens is 366 g/mol. The molecule has 0 fully saturated rings. The lowest BCUT2D eigenvalue weighted by Crippen LogP contribution is -2.16. The van der Waals surface area contributed by atoms with Gasteiger partial charge in [0.1, 0.15) is 6.33 Å². The standard InChI is InChI=1S/C21H15N7O/c29-20(15-7-6-10-17(13-15)27-14-22-25-26-27)24-21-23-18-11-4-5-12-19(18)28(21)16-8-2-1-3-9-16/h1-14H,(H,23,24,29). The van der Waals surface area contributed by atoms with E-state index in [1.807, 2.05) is 65.2 Å². The molecule has 1 amide bonds. The number of carbonyl (C=O) groups excluding carboxylic acids is 1. The minimum absolute atomic E-state index is 0.271. The molecule has 2 heterocycles. The van der Waals surface area contributed by atoms with Crippen LogP contribution in [-0.4, -0.2) is 35.7 Å². The molecule has 3 aromatic carbocycles. The lowest BCUT2D eigenvalue weighted by atomic mass is 10.2. The van der Waals surface area contributed by atoms with Gasteiger partial charge in [-0.1, -0.05) is 36.4 Å². The fourth-order valence-electron chi connectivity index (χ4n) is 3.19. The molecule has 0 atom stereocenters. The van der Waals surface area contributed by atoms with Crippen molar-refractivity contribution in [2.75, 3.05) is 5.32 Å². The largest absolute Gasteiger partial charge is 0.291 e. The molecule has 0 aliphatic carbocycles. The van der Waals surface area contributed by atoms with Crippen LogP contribution < -0.4 is 5.32 Å². The van der Waals surface area contributed by atoms with Crippen molar-refractivity contribution >= 4 is 22.9 Å². The fraction of sp³-hybridized carbons (Fsp3) is 0. The van der Waals surface area contributed by atoms with Crippen molar-refractivity contribution < 1.29 is 4.79 Å². The first kappa shape index (κ1) is 16.8. The molecule has 0 aliphatic heterocycles. The average molecular weight is 381 g/mol. The van der Waals surface area contributed by atoms with Crippen molar-refractivity contribution in [2.24, 2.45) is 0 Å². The summed E-state index contributed by atoms with van der Waals surface area (Å²) in [5.41, 5.74) is 3.80. The summed E-state index contributed by atoms with van der Waals surface area (Å²) in [5, 5.41) is 14.1. The molecule has 0 unspecified atom stereocenters. The molecule has 0 saturated heterocycles. The summed E-state index contributed by atoms with van der Waals surface area (Å²) in [6.45, 7) is 0. The molecular formula is C21H15N7O. The Morgan fingerprint density at radius 3 is 2.48 bits per heavy atom. The first-order chi connectivity index (χ1) is 14.3. The zero-order valence-electron chi connectivity index (χ0n) is 15.2. The molecule has 0 bridgehead atoms. The van der Waals surface area contributed by atoms with Crippen LogP contribution in [-0.2, 0) is 0 Å². The SMILES string of the molecule is O=C(Nc1nc2ccccc2n1-c1ccccc1)c1cccc(-n2cnnn2)c1. The number of nitrogens with zero attached hydrogens (tertiary/aromatic N) is 6. The summed E-state index contributed by atoms with van der Waals surface area (Å²) in [6, 6.07) is 24.6. The summed E-state index contributed by atoms with van der Waals surface area (Å²) in [4.78, 5) is 17.6. The monoisotopic (exact) mass is 381 g/mol. The number of carbonyl (C=O) groups is 1. The Labute approximate surface area is 165 Å². The van der Waals surface area contributed by atoms with Gasteiger partial charge in [0, 0.05) is 11.3 Å². The second kappa shape index (κ2) is 7.01. The lowest BCUT2D eigenvalue weighted by Gasteiger charge is -2.10. The van der Waals surface area contributed by atoms with E-state index < -0.39 is 0 Å². The van der Waals surface area contributed by atoms with Crippen LogP contribution in [0.15, 0.2) is 85.2 Å². The minimum atomic E-state index is -0.271. The molecule has 5 aromatic rings. The number of rotatable bonds is 4. The molecule has 0 saturated carbocycles. The Bertz CT molecular complexity index is 1290. The molecule has 0 spiro atoms. The van der Waals surface area contributed by atoms with E-state index >= 15 is 0 Å². The summed E-state index contributed by atoms with van der Waals surface area (Å²) >= 11 is 0. The van der Waals surface area contributed by atoms with Crippen LogP contribution in [0.3, 0.4) is 0 Å². The third-order valence-corrected chi connectivity index (χ3v) is 4.52. The predicted octanol–water partition coefficient (Wildman–Crippen LogP) is 3.25. The zero-order chi connectivity index (χ0) is 19.6. The summed E-state index contributed by atoms with van der Waals surface area (Å²) < 4.78 is 3.43. The number of fused-ring (bicyclic) bond motifs is 1. The van der Waals surface area contributed by atoms with Crippen LogP contribution in [0.5, 0.6) is 0 Å². The van der Waals surface area contributed by atoms with Gasteiger partial charge in [-0.15, -0.1) is 5.10 Å². The maximum Gasteiger partial charge on any atom is 0.258 e. The second-order valence-corrected chi connectivity index (χ2v) is 6.35.